The Bertz CT molecular complexity index is 454. The van der Waals surface area contributed by atoms with Crippen molar-refractivity contribution >= 4 is 23.4 Å². The second-order valence-corrected chi connectivity index (χ2v) is 4.29. The number of ketones is 1. The number of hydrogen-bond acceptors (Lipinski definition) is 3. The molecular formula is C12H11ClO3. The number of benzene rings is 1. The standard InChI is InChI=1S/C12H11ClO3/c1-16-12(15)8-4-7-2-3-9(13)6-10(7)11(14)5-8/h2-3,6,8H,4-5H2,1H3. The summed E-state index contributed by atoms with van der Waals surface area (Å²) >= 11 is 5.82. The van der Waals surface area contributed by atoms with Gasteiger partial charge in [-0.15, -0.1) is 0 Å². The molecule has 84 valence electrons. The molecule has 4 heteroatoms. The lowest BCUT2D eigenvalue weighted by molar-refractivity contribution is -0.145. The lowest BCUT2D eigenvalue weighted by Gasteiger charge is -2.21. The fraction of sp³-hybridized carbons (Fsp3) is 0.333. The van der Waals surface area contributed by atoms with Gasteiger partial charge < -0.3 is 4.74 Å². The SMILES string of the molecule is COC(=O)C1CC(=O)c2cc(Cl)ccc2C1. The van der Waals surface area contributed by atoms with Crippen molar-refractivity contribution < 1.29 is 14.3 Å². The van der Waals surface area contributed by atoms with Gasteiger partial charge >= 0.3 is 5.97 Å². The third kappa shape index (κ3) is 1.95. The van der Waals surface area contributed by atoms with Gasteiger partial charge in [-0.05, 0) is 24.1 Å². The molecule has 16 heavy (non-hydrogen) atoms. The Labute approximate surface area is 98.4 Å². The molecule has 0 fully saturated rings. The van der Waals surface area contributed by atoms with Gasteiger partial charge in [0.25, 0.3) is 0 Å². The van der Waals surface area contributed by atoms with E-state index in [-0.39, 0.29) is 24.1 Å². The van der Waals surface area contributed by atoms with Crippen LogP contribution in [0.2, 0.25) is 5.02 Å². The molecule has 0 saturated heterocycles. The van der Waals surface area contributed by atoms with E-state index in [0.717, 1.165) is 5.56 Å². The number of rotatable bonds is 1. The zero-order valence-corrected chi connectivity index (χ0v) is 9.58. The quantitative estimate of drug-likeness (QED) is 0.705. The number of esters is 1. The van der Waals surface area contributed by atoms with Crippen molar-refractivity contribution in [3.05, 3.63) is 34.3 Å². The molecule has 0 bridgehead atoms. The second-order valence-electron chi connectivity index (χ2n) is 3.85. The Morgan fingerprint density at radius 1 is 1.44 bits per heavy atom. The van der Waals surface area contributed by atoms with E-state index in [4.69, 9.17) is 11.6 Å². The Morgan fingerprint density at radius 3 is 2.88 bits per heavy atom. The summed E-state index contributed by atoms with van der Waals surface area (Å²) in [6, 6.07) is 5.19. The summed E-state index contributed by atoms with van der Waals surface area (Å²) in [5.41, 5.74) is 1.50. The van der Waals surface area contributed by atoms with Crippen molar-refractivity contribution in [1.29, 1.82) is 0 Å². The highest BCUT2D eigenvalue weighted by atomic mass is 35.5. The molecule has 1 aromatic rings. The number of hydrogen-bond donors (Lipinski definition) is 0. The van der Waals surface area contributed by atoms with Gasteiger partial charge in [0.15, 0.2) is 5.78 Å². The minimum absolute atomic E-state index is 0.0425. The first kappa shape index (κ1) is 11.1. The summed E-state index contributed by atoms with van der Waals surface area (Å²) < 4.78 is 4.66. The van der Waals surface area contributed by atoms with Gasteiger partial charge in [-0.3, -0.25) is 9.59 Å². The van der Waals surface area contributed by atoms with E-state index in [0.29, 0.717) is 17.0 Å². The van der Waals surface area contributed by atoms with Crippen LogP contribution in [0.4, 0.5) is 0 Å². The molecule has 1 aliphatic rings. The average molecular weight is 239 g/mol. The maximum atomic E-state index is 11.8. The Kier molecular flexibility index (Phi) is 2.97. The molecule has 0 amide bonds. The number of methoxy groups -OCH3 is 1. The van der Waals surface area contributed by atoms with Crippen molar-refractivity contribution in [3.8, 4) is 0 Å². The van der Waals surface area contributed by atoms with Gasteiger partial charge in [-0.25, -0.2) is 0 Å². The van der Waals surface area contributed by atoms with Crippen LogP contribution in [-0.4, -0.2) is 18.9 Å². The first-order valence-corrected chi connectivity index (χ1v) is 5.39. The van der Waals surface area contributed by atoms with E-state index in [9.17, 15) is 9.59 Å². The lowest BCUT2D eigenvalue weighted by Crippen LogP contribution is -2.27. The van der Waals surface area contributed by atoms with Crippen molar-refractivity contribution in [1.82, 2.24) is 0 Å². The Morgan fingerprint density at radius 2 is 2.19 bits per heavy atom. The van der Waals surface area contributed by atoms with Crippen LogP contribution in [0.1, 0.15) is 22.3 Å². The van der Waals surface area contributed by atoms with Crippen LogP contribution in [0.5, 0.6) is 0 Å². The molecule has 0 aliphatic heterocycles. The molecule has 0 saturated carbocycles. The third-order valence-electron chi connectivity index (χ3n) is 2.80. The topological polar surface area (TPSA) is 43.4 Å². The fourth-order valence-corrected chi connectivity index (χ4v) is 2.16. The smallest absolute Gasteiger partial charge is 0.309 e. The van der Waals surface area contributed by atoms with Crippen LogP contribution in [-0.2, 0) is 16.0 Å². The van der Waals surface area contributed by atoms with Crippen LogP contribution in [0.25, 0.3) is 0 Å². The van der Waals surface area contributed by atoms with Crippen molar-refractivity contribution in [2.24, 2.45) is 5.92 Å². The van der Waals surface area contributed by atoms with E-state index in [2.05, 4.69) is 4.74 Å². The van der Waals surface area contributed by atoms with E-state index >= 15 is 0 Å². The lowest BCUT2D eigenvalue weighted by atomic mass is 9.83. The highest BCUT2D eigenvalue weighted by Gasteiger charge is 2.30. The van der Waals surface area contributed by atoms with E-state index in [1.807, 2.05) is 0 Å². The summed E-state index contributed by atoms with van der Waals surface area (Å²) in [5, 5.41) is 0.545. The zero-order valence-electron chi connectivity index (χ0n) is 8.83. The van der Waals surface area contributed by atoms with Crippen LogP contribution >= 0.6 is 11.6 Å². The summed E-state index contributed by atoms with van der Waals surface area (Å²) in [5.74, 6) is -0.723. The molecule has 2 rings (SSSR count). The van der Waals surface area contributed by atoms with E-state index < -0.39 is 0 Å². The van der Waals surface area contributed by atoms with Gasteiger partial charge in [0.05, 0.1) is 13.0 Å². The van der Waals surface area contributed by atoms with E-state index in [1.54, 1.807) is 18.2 Å². The molecule has 3 nitrogen and oxygen atoms in total. The fourth-order valence-electron chi connectivity index (χ4n) is 1.99. The molecule has 0 radical (unpaired) electrons. The van der Waals surface area contributed by atoms with E-state index in [1.165, 1.54) is 7.11 Å². The minimum atomic E-state index is -0.355. The van der Waals surface area contributed by atoms with Gasteiger partial charge in [0.2, 0.25) is 0 Å². The van der Waals surface area contributed by atoms with Crippen LogP contribution < -0.4 is 0 Å². The predicted molar refractivity (Wildman–Crippen MR) is 59.6 cm³/mol. The second kappa shape index (κ2) is 4.26. The van der Waals surface area contributed by atoms with Gasteiger partial charge in [-0.2, -0.15) is 0 Å². The van der Waals surface area contributed by atoms with Crippen molar-refractivity contribution in [2.45, 2.75) is 12.8 Å². The van der Waals surface area contributed by atoms with Gasteiger partial charge in [0.1, 0.15) is 0 Å². The summed E-state index contributed by atoms with van der Waals surface area (Å²) in [6.07, 6.45) is 0.755. The zero-order chi connectivity index (χ0) is 11.7. The summed E-state index contributed by atoms with van der Waals surface area (Å²) in [7, 11) is 1.34. The number of fused-ring (bicyclic) bond motifs is 1. The van der Waals surface area contributed by atoms with Crippen LogP contribution in [0.3, 0.4) is 0 Å². The number of carbonyl (C=O) groups is 2. The Hall–Kier alpha value is -1.35. The summed E-state index contributed by atoms with van der Waals surface area (Å²) in [4.78, 5) is 23.2. The number of carbonyl (C=O) groups excluding carboxylic acids is 2. The molecule has 1 unspecified atom stereocenters. The normalized spacial score (nSPS) is 19.1. The number of Topliss-reactive ketones (excluding diaryl/α,β-unsaturated/α-hetero) is 1. The van der Waals surface area contributed by atoms with Crippen LogP contribution in [0, 0.1) is 5.92 Å². The summed E-state index contributed by atoms with van der Waals surface area (Å²) in [6.45, 7) is 0. The molecule has 0 heterocycles. The predicted octanol–water partition coefficient (Wildman–Crippen LogP) is 2.26. The maximum absolute atomic E-state index is 11.8. The minimum Gasteiger partial charge on any atom is -0.469 e. The van der Waals surface area contributed by atoms with Crippen LogP contribution in [0.15, 0.2) is 18.2 Å². The monoisotopic (exact) mass is 238 g/mol. The van der Waals surface area contributed by atoms with Gasteiger partial charge in [0, 0.05) is 17.0 Å². The third-order valence-corrected chi connectivity index (χ3v) is 3.04. The number of ether oxygens (including phenoxy) is 1. The highest BCUT2D eigenvalue weighted by Crippen LogP contribution is 2.28. The van der Waals surface area contributed by atoms with Crippen molar-refractivity contribution in [2.75, 3.05) is 7.11 Å². The van der Waals surface area contributed by atoms with Gasteiger partial charge in [-0.1, -0.05) is 17.7 Å². The molecule has 1 aromatic carbocycles. The largest absolute Gasteiger partial charge is 0.469 e. The molecular weight excluding hydrogens is 228 g/mol. The molecule has 0 spiro atoms. The average Bonchev–Trinajstić information content (AvgIpc) is 2.28. The molecule has 1 aliphatic carbocycles. The molecule has 0 aromatic heterocycles. The highest BCUT2D eigenvalue weighted by molar-refractivity contribution is 6.31. The molecule has 1 atom stereocenters. The Balaban J connectivity index is 2.33. The molecule has 0 N–H and O–H groups in total. The van der Waals surface area contributed by atoms with Crippen molar-refractivity contribution in [3.63, 3.8) is 0 Å². The first-order chi connectivity index (χ1) is 7.61. The number of halogens is 1. The maximum Gasteiger partial charge on any atom is 0.309 e. The first-order valence-electron chi connectivity index (χ1n) is 5.01.